The average Bonchev–Trinajstić information content (AvgIpc) is 2.10. The van der Waals surface area contributed by atoms with E-state index < -0.39 is 0 Å². The van der Waals surface area contributed by atoms with Crippen molar-refractivity contribution >= 4 is 27.5 Å². The highest BCUT2D eigenvalue weighted by Crippen LogP contribution is 2.19. The summed E-state index contributed by atoms with van der Waals surface area (Å²) < 4.78 is 0.971. The number of nitrogens with one attached hydrogen (secondary N) is 1. The van der Waals surface area contributed by atoms with Gasteiger partial charge in [-0.3, -0.25) is 4.79 Å². The van der Waals surface area contributed by atoms with Crippen molar-refractivity contribution < 1.29 is 4.79 Å². The van der Waals surface area contributed by atoms with Crippen LogP contribution in [-0.2, 0) is 4.79 Å². The number of carbonyl (C=O) groups is 1. The highest BCUT2D eigenvalue weighted by atomic mass is 79.9. The number of nitrogens with zero attached hydrogens (tertiary/aromatic N) is 1. The highest BCUT2D eigenvalue weighted by Gasteiger charge is 2.06. The topological polar surface area (TPSA) is 33.5 Å². The molecular weight excluding hydrogens is 244 g/mol. The molecule has 0 aliphatic heterocycles. The molecule has 3 nitrogen and oxygen atoms in total. The van der Waals surface area contributed by atoms with Gasteiger partial charge in [0.05, 0.1) is 0 Å². The van der Waals surface area contributed by atoms with Crippen LogP contribution < -0.4 is 5.32 Å². The van der Waals surface area contributed by atoms with Crippen molar-refractivity contribution in [3.05, 3.63) is 39.7 Å². The Morgan fingerprint density at radius 2 is 2.36 bits per heavy atom. The van der Waals surface area contributed by atoms with E-state index in [0.29, 0.717) is 0 Å². The number of benzene rings is 1. The van der Waals surface area contributed by atoms with Crippen LogP contribution in [0.25, 0.3) is 4.85 Å². The lowest BCUT2D eigenvalue weighted by molar-refractivity contribution is -0.114. The lowest BCUT2D eigenvalue weighted by atomic mass is 10.2. The Hall–Kier alpha value is -1.34. The van der Waals surface area contributed by atoms with Crippen molar-refractivity contribution in [2.45, 2.75) is 6.92 Å². The Bertz CT molecular complexity index is 396. The Balaban J connectivity index is 2.78. The SMILES string of the molecule is [C-]#[N+]CC(=O)Nc1ccc(Br)cc1C. The molecule has 72 valence electrons. The van der Waals surface area contributed by atoms with Crippen molar-refractivity contribution in [3.63, 3.8) is 0 Å². The number of aryl methyl sites for hydroxylation is 1. The molecule has 0 aromatic heterocycles. The molecule has 0 saturated heterocycles. The van der Waals surface area contributed by atoms with Gasteiger partial charge in [0, 0.05) is 10.2 Å². The number of halogens is 1. The molecule has 14 heavy (non-hydrogen) atoms. The average molecular weight is 253 g/mol. The lowest BCUT2D eigenvalue weighted by Gasteiger charge is -2.05. The van der Waals surface area contributed by atoms with E-state index in [1.807, 2.05) is 19.1 Å². The molecule has 1 aromatic carbocycles. The second-order valence-corrected chi connectivity index (χ2v) is 3.74. The molecule has 0 bridgehead atoms. The van der Waals surface area contributed by atoms with Crippen LogP contribution in [0.3, 0.4) is 0 Å². The van der Waals surface area contributed by atoms with Gasteiger partial charge in [-0.15, -0.1) is 0 Å². The van der Waals surface area contributed by atoms with Crippen LogP contribution in [0.15, 0.2) is 22.7 Å². The summed E-state index contributed by atoms with van der Waals surface area (Å²) in [5.74, 6) is -0.273. The maximum Gasteiger partial charge on any atom is 0.304 e. The van der Waals surface area contributed by atoms with E-state index in [0.717, 1.165) is 15.7 Å². The van der Waals surface area contributed by atoms with Gasteiger partial charge in [0.25, 0.3) is 6.54 Å². The number of hydrogen-bond acceptors (Lipinski definition) is 1. The van der Waals surface area contributed by atoms with Gasteiger partial charge in [-0.25, -0.2) is 6.57 Å². The first-order chi connectivity index (χ1) is 6.63. The first kappa shape index (κ1) is 10.7. The molecule has 0 fully saturated rings. The lowest BCUT2D eigenvalue weighted by Crippen LogP contribution is -2.14. The Labute approximate surface area is 91.1 Å². The molecule has 4 heteroatoms. The zero-order valence-corrected chi connectivity index (χ0v) is 9.26. The number of carbonyl (C=O) groups excluding carboxylic acids is 1. The normalized spacial score (nSPS) is 9.21. The number of amides is 1. The minimum Gasteiger partial charge on any atom is -0.319 e. The second kappa shape index (κ2) is 4.77. The van der Waals surface area contributed by atoms with Gasteiger partial charge in [-0.2, -0.15) is 0 Å². The molecule has 0 aliphatic carbocycles. The summed E-state index contributed by atoms with van der Waals surface area (Å²) in [4.78, 5) is 14.1. The van der Waals surface area contributed by atoms with Gasteiger partial charge in [-0.05, 0) is 30.7 Å². The number of anilines is 1. The van der Waals surface area contributed by atoms with E-state index in [9.17, 15) is 4.79 Å². The Morgan fingerprint density at radius 1 is 1.64 bits per heavy atom. The van der Waals surface area contributed by atoms with Crippen molar-refractivity contribution in [2.24, 2.45) is 0 Å². The van der Waals surface area contributed by atoms with Crippen LogP contribution >= 0.6 is 15.9 Å². The van der Waals surface area contributed by atoms with Gasteiger partial charge < -0.3 is 10.2 Å². The molecule has 0 heterocycles. The largest absolute Gasteiger partial charge is 0.319 e. The van der Waals surface area contributed by atoms with Crippen LogP contribution in [-0.4, -0.2) is 12.5 Å². The van der Waals surface area contributed by atoms with Crippen molar-refractivity contribution in [3.8, 4) is 0 Å². The Kier molecular flexibility index (Phi) is 3.66. The molecule has 0 unspecified atom stereocenters. The maximum absolute atomic E-state index is 11.1. The summed E-state index contributed by atoms with van der Waals surface area (Å²) in [7, 11) is 0. The van der Waals surface area contributed by atoms with Crippen LogP contribution in [0.2, 0.25) is 0 Å². The highest BCUT2D eigenvalue weighted by molar-refractivity contribution is 9.10. The number of rotatable bonds is 2. The molecule has 1 aromatic rings. The fourth-order valence-electron chi connectivity index (χ4n) is 1.03. The van der Waals surface area contributed by atoms with Crippen molar-refractivity contribution in [2.75, 3.05) is 11.9 Å². The third-order valence-corrected chi connectivity index (χ3v) is 2.18. The van der Waals surface area contributed by atoms with Crippen LogP contribution in [0, 0.1) is 13.5 Å². The first-order valence-corrected chi connectivity index (χ1v) is 4.82. The fraction of sp³-hybridized carbons (Fsp3) is 0.200. The Morgan fingerprint density at radius 3 is 2.93 bits per heavy atom. The summed E-state index contributed by atoms with van der Waals surface area (Å²) >= 11 is 3.33. The van der Waals surface area contributed by atoms with E-state index in [-0.39, 0.29) is 12.5 Å². The molecule has 0 spiro atoms. The van der Waals surface area contributed by atoms with Crippen LogP contribution in [0.1, 0.15) is 5.56 Å². The standard InChI is InChI=1S/C10H9BrN2O/c1-7-5-8(11)3-4-9(7)13-10(14)6-12-2/h3-5H,6H2,1H3,(H,13,14). The zero-order chi connectivity index (χ0) is 10.6. The van der Waals surface area contributed by atoms with E-state index in [2.05, 4.69) is 26.1 Å². The molecule has 0 saturated carbocycles. The molecule has 0 atom stereocenters. The van der Waals surface area contributed by atoms with E-state index >= 15 is 0 Å². The fourth-order valence-corrected chi connectivity index (χ4v) is 1.50. The van der Waals surface area contributed by atoms with Gasteiger partial charge in [0.2, 0.25) is 0 Å². The summed E-state index contributed by atoms with van der Waals surface area (Å²) in [6.07, 6.45) is 0. The van der Waals surface area contributed by atoms with Crippen molar-refractivity contribution in [1.29, 1.82) is 0 Å². The van der Waals surface area contributed by atoms with Gasteiger partial charge >= 0.3 is 5.91 Å². The van der Waals surface area contributed by atoms with E-state index in [1.54, 1.807) is 6.07 Å². The first-order valence-electron chi connectivity index (χ1n) is 4.02. The maximum atomic E-state index is 11.1. The van der Waals surface area contributed by atoms with Gasteiger partial charge in [-0.1, -0.05) is 15.9 Å². The van der Waals surface area contributed by atoms with Gasteiger partial charge in [0.1, 0.15) is 0 Å². The van der Waals surface area contributed by atoms with E-state index in [4.69, 9.17) is 6.57 Å². The van der Waals surface area contributed by atoms with Gasteiger partial charge in [0.15, 0.2) is 0 Å². The monoisotopic (exact) mass is 252 g/mol. The molecular formula is C10H9BrN2O. The minimum atomic E-state index is -0.273. The third kappa shape index (κ3) is 2.86. The van der Waals surface area contributed by atoms with Crippen LogP contribution in [0.5, 0.6) is 0 Å². The molecule has 0 aliphatic rings. The molecule has 1 amide bonds. The minimum absolute atomic E-state index is 0.129. The van der Waals surface area contributed by atoms with E-state index in [1.165, 1.54) is 0 Å². The smallest absolute Gasteiger partial charge is 0.304 e. The zero-order valence-electron chi connectivity index (χ0n) is 7.67. The summed E-state index contributed by atoms with van der Waals surface area (Å²) in [5, 5.41) is 2.66. The van der Waals surface area contributed by atoms with Crippen LogP contribution in [0.4, 0.5) is 5.69 Å². The molecule has 1 rings (SSSR count). The molecule has 1 N–H and O–H groups in total. The summed E-state index contributed by atoms with van der Waals surface area (Å²) in [6.45, 7) is 8.31. The van der Waals surface area contributed by atoms with Crippen molar-refractivity contribution in [1.82, 2.24) is 0 Å². The summed E-state index contributed by atoms with van der Waals surface area (Å²) in [5.41, 5.74) is 1.72. The number of hydrogen-bond donors (Lipinski definition) is 1. The summed E-state index contributed by atoms with van der Waals surface area (Å²) in [6, 6.07) is 5.56. The third-order valence-electron chi connectivity index (χ3n) is 1.69. The second-order valence-electron chi connectivity index (χ2n) is 2.82. The predicted octanol–water partition coefficient (Wildman–Crippen LogP) is 2.62. The quantitative estimate of drug-likeness (QED) is 0.807. The molecule has 0 radical (unpaired) electrons. The predicted molar refractivity (Wildman–Crippen MR) is 59.0 cm³/mol.